The van der Waals surface area contributed by atoms with Gasteiger partial charge in [-0.05, 0) is 19.1 Å². The van der Waals surface area contributed by atoms with Crippen molar-refractivity contribution in [2.24, 2.45) is 0 Å². The zero-order valence-electron chi connectivity index (χ0n) is 15.1. The number of aromatic nitrogens is 3. The zero-order valence-corrected chi connectivity index (χ0v) is 15.9. The number of fused-ring (bicyclic) bond motifs is 1. The van der Waals surface area contributed by atoms with Crippen molar-refractivity contribution in [3.8, 4) is 11.5 Å². The number of nitrogens with one attached hydrogen (secondary N) is 1. The molecule has 0 aliphatic carbocycles. The predicted octanol–water partition coefficient (Wildman–Crippen LogP) is 2.76. The summed E-state index contributed by atoms with van der Waals surface area (Å²) in [5.74, 6) is 1.95. The Morgan fingerprint density at radius 3 is 2.89 bits per heavy atom. The third-order valence-corrected chi connectivity index (χ3v) is 5.01. The Labute approximate surface area is 162 Å². The van der Waals surface area contributed by atoms with Crippen molar-refractivity contribution in [1.82, 2.24) is 20.1 Å². The van der Waals surface area contributed by atoms with Gasteiger partial charge in [-0.25, -0.2) is 0 Å². The fourth-order valence-electron chi connectivity index (χ4n) is 2.60. The third kappa shape index (κ3) is 4.33. The average molecular weight is 386 g/mol. The van der Waals surface area contributed by atoms with Gasteiger partial charge in [0.1, 0.15) is 6.61 Å². The molecule has 2 aromatic rings. The number of amides is 1. The molecule has 1 aromatic heterocycles. The number of carbonyl (C=O) groups is 1. The van der Waals surface area contributed by atoms with E-state index in [1.165, 1.54) is 11.8 Å². The Morgan fingerprint density at radius 1 is 1.37 bits per heavy atom. The van der Waals surface area contributed by atoms with Gasteiger partial charge in [-0.1, -0.05) is 36.0 Å². The lowest BCUT2D eigenvalue weighted by Crippen LogP contribution is -2.31. The summed E-state index contributed by atoms with van der Waals surface area (Å²) in [6, 6.07) is 7.52. The minimum absolute atomic E-state index is 0.0826. The summed E-state index contributed by atoms with van der Waals surface area (Å²) in [4.78, 5) is 12.1. The van der Waals surface area contributed by atoms with Crippen LogP contribution >= 0.6 is 11.8 Å². The van der Waals surface area contributed by atoms with E-state index in [9.17, 15) is 4.79 Å². The second-order valence-electron chi connectivity index (χ2n) is 5.90. The maximum absolute atomic E-state index is 12.1. The van der Waals surface area contributed by atoms with Crippen LogP contribution < -0.4 is 14.8 Å². The molecule has 0 radical (unpaired) electrons. The van der Waals surface area contributed by atoms with Crippen LogP contribution in [0.2, 0.25) is 0 Å². The van der Waals surface area contributed by atoms with Crippen LogP contribution in [0, 0.1) is 0 Å². The number of para-hydroxylation sites is 2. The van der Waals surface area contributed by atoms with Crippen molar-refractivity contribution in [3.05, 3.63) is 55.4 Å². The highest BCUT2D eigenvalue weighted by Crippen LogP contribution is 2.36. The molecule has 0 spiro atoms. The highest BCUT2D eigenvalue weighted by Gasteiger charge is 2.29. The summed E-state index contributed by atoms with van der Waals surface area (Å²) < 4.78 is 13.7. The lowest BCUT2D eigenvalue weighted by atomic mass is 10.2. The van der Waals surface area contributed by atoms with Gasteiger partial charge < -0.3 is 14.8 Å². The topological polar surface area (TPSA) is 78.3 Å². The number of ether oxygens (including phenoxy) is 2. The van der Waals surface area contributed by atoms with E-state index in [1.807, 2.05) is 35.8 Å². The monoisotopic (exact) mass is 386 g/mol. The van der Waals surface area contributed by atoms with Crippen LogP contribution in [0.3, 0.4) is 0 Å². The molecule has 1 aromatic carbocycles. The SMILES string of the molecule is C=CCNC(=O)C(C)Sc1nnc(C2COc3ccccc3O2)n1CC=C. The van der Waals surface area contributed by atoms with E-state index in [2.05, 4.69) is 28.7 Å². The molecule has 0 saturated carbocycles. The number of nitrogens with zero attached hydrogens (tertiary/aromatic N) is 3. The fourth-order valence-corrected chi connectivity index (χ4v) is 3.49. The van der Waals surface area contributed by atoms with E-state index >= 15 is 0 Å². The normalized spacial score (nSPS) is 16.4. The van der Waals surface area contributed by atoms with E-state index in [0.717, 1.165) is 0 Å². The second-order valence-corrected chi connectivity index (χ2v) is 7.21. The third-order valence-electron chi connectivity index (χ3n) is 3.93. The summed E-state index contributed by atoms with van der Waals surface area (Å²) in [5, 5.41) is 11.7. The first kappa shape index (κ1) is 19.0. The Morgan fingerprint density at radius 2 is 2.15 bits per heavy atom. The van der Waals surface area contributed by atoms with Gasteiger partial charge >= 0.3 is 0 Å². The van der Waals surface area contributed by atoms with Crippen LogP contribution in [0.15, 0.2) is 54.7 Å². The van der Waals surface area contributed by atoms with Gasteiger partial charge in [0, 0.05) is 13.1 Å². The largest absolute Gasteiger partial charge is 0.485 e. The summed E-state index contributed by atoms with van der Waals surface area (Å²) in [6.07, 6.45) is 3.02. The first-order chi connectivity index (χ1) is 13.1. The first-order valence-electron chi connectivity index (χ1n) is 8.61. The zero-order chi connectivity index (χ0) is 19.2. The molecular formula is C19H22N4O3S. The molecule has 3 rings (SSSR count). The van der Waals surface area contributed by atoms with Crippen molar-refractivity contribution in [1.29, 1.82) is 0 Å². The predicted molar refractivity (Wildman–Crippen MR) is 104 cm³/mol. The van der Waals surface area contributed by atoms with Crippen molar-refractivity contribution in [2.45, 2.75) is 30.0 Å². The van der Waals surface area contributed by atoms with E-state index in [4.69, 9.17) is 9.47 Å². The van der Waals surface area contributed by atoms with Crippen LogP contribution in [0.4, 0.5) is 0 Å². The molecule has 0 saturated heterocycles. The number of carbonyl (C=O) groups excluding carboxylic acids is 1. The number of hydrogen-bond donors (Lipinski definition) is 1. The Bertz CT molecular complexity index is 836. The number of benzene rings is 1. The molecule has 142 valence electrons. The van der Waals surface area contributed by atoms with Crippen molar-refractivity contribution in [2.75, 3.05) is 13.2 Å². The lowest BCUT2D eigenvalue weighted by molar-refractivity contribution is -0.120. The van der Waals surface area contributed by atoms with Gasteiger partial charge in [0.25, 0.3) is 0 Å². The lowest BCUT2D eigenvalue weighted by Gasteiger charge is -2.26. The van der Waals surface area contributed by atoms with Crippen LogP contribution in [0.5, 0.6) is 11.5 Å². The van der Waals surface area contributed by atoms with Crippen molar-refractivity contribution < 1.29 is 14.3 Å². The number of thioether (sulfide) groups is 1. The average Bonchev–Trinajstić information content (AvgIpc) is 3.08. The molecule has 1 N–H and O–H groups in total. The minimum Gasteiger partial charge on any atom is -0.485 e. The Kier molecular flexibility index (Phi) is 6.18. The Hall–Kier alpha value is -2.74. The molecule has 2 heterocycles. The standard InChI is InChI=1S/C19H22N4O3S/c1-4-10-20-18(24)13(3)27-19-22-21-17(23(19)11-5-2)16-12-25-14-8-6-7-9-15(14)26-16/h4-9,13,16H,1-2,10-12H2,3H3,(H,20,24). The van der Waals surface area contributed by atoms with Crippen molar-refractivity contribution in [3.63, 3.8) is 0 Å². The highest BCUT2D eigenvalue weighted by molar-refractivity contribution is 8.00. The van der Waals surface area contributed by atoms with E-state index in [0.29, 0.717) is 42.2 Å². The van der Waals surface area contributed by atoms with Crippen LogP contribution in [0.1, 0.15) is 18.9 Å². The van der Waals surface area contributed by atoms with E-state index in [1.54, 1.807) is 12.2 Å². The molecular weight excluding hydrogens is 364 g/mol. The van der Waals surface area contributed by atoms with Crippen LogP contribution in [-0.4, -0.2) is 39.1 Å². The molecule has 27 heavy (non-hydrogen) atoms. The van der Waals surface area contributed by atoms with Gasteiger partial charge in [0.2, 0.25) is 5.91 Å². The summed E-state index contributed by atoms with van der Waals surface area (Å²) in [5.41, 5.74) is 0. The van der Waals surface area contributed by atoms with Crippen LogP contribution in [-0.2, 0) is 11.3 Å². The summed E-state index contributed by atoms with van der Waals surface area (Å²) in [7, 11) is 0. The van der Waals surface area contributed by atoms with Gasteiger partial charge in [-0.2, -0.15) is 0 Å². The summed E-state index contributed by atoms with van der Waals surface area (Å²) in [6.45, 7) is 10.5. The number of hydrogen-bond acceptors (Lipinski definition) is 6. The first-order valence-corrected chi connectivity index (χ1v) is 9.49. The highest BCUT2D eigenvalue weighted by atomic mass is 32.2. The van der Waals surface area contributed by atoms with E-state index in [-0.39, 0.29) is 17.3 Å². The molecule has 0 fully saturated rings. The quantitative estimate of drug-likeness (QED) is 0.555. The van der Waals surface area contributed by atoms with Gasteiger partial charge in [0.05, 0.1) is 5.25 Å². The molecule has 2 unspecified atom stereocenters. The molecule has 8 heteroatoms. The molecule has 7 nitrogen and oxygen atoms in total. The number of allylic oxidation sites excluding steroid dienone is 1. The maximum atomic E-state index is 12.1. The molecule has 2 atom stereocenters. The second kappa shape index (κ2) is 8.77. The Balaban J connectivity index is 1.78. The number of rotatable bonds is 8. The van der Waals surface area contributed by atoms with Gasteiger partial charge in [-0.15, -0.1) is 23.4 Å². The molecule has 1 amide bonds. The molecule has 1 aliphatic rings. The van der Waals surface area contributed by atoms with Gasteiger partial charge in [0.15, 0.2) is 28.6 Å². The van der Waals surface area contributed by atoms with Gasteiger partial charge in [-0.3, -0.25) is 9.36 Å². The maximum Gasteiger partial charge on any atom is 0.233 e. The van der Waals surface area contributed by atoms with E-state index < -0.39 is 0 Å². The van der Waals surface area contributed by atoms with Crippen molar-refractivity contribution >= 4 is 17.7 Å². The van der Waals surface area contributed by atoms with Crippen LogP contribution in [0.25, 0.3) is 0 Å². The fraction of sp³-hybridized carbons (Fsp3) is 0.316. The summed E-state index contributed by atoms with van der Waals surface area (Å²) >= 11 is 1.34. The molecule has 1 aliphatic heterocycles. The smallest absolute Gasteiger partial charge is 0.233 e. The minimum atomic E-state index is -0.383. The molecule has 0 bridgehead atoms.